The fourth-order valence-electron chi connectivity index (χ4n) is 0.764. The molecule has 2 nitrogen and oxygen atoms in total. The third-order valence-corrected chi connectivity index (χ3v) is 3.32. The van der Waals surface area contributed by atoms with Crippen molar-refractivity contribution in [2.45, 2.75) is 17.6 Å². The molecular weight excluding hydrogens is 188 g/mol. The van der Waals surface area contributed by atoms with Gasteiger partial charge in [-0.05, 0) is 0 Å². The quantitative estimate of drug-likeness (QED) is 0.537. The second kappa shape index (κ2) is 1.88. The summed E-state index contributed by atoms with van der Waals surface area (Å²) in [6.45, 7) is 0. The largest absolute Gasteiger partial charge is 0.407 e. The number of sulfone groups is 1. The second-order valence-corrected chi connectivity index (χ2v) is 4.44. The van der Waals surface area contributed by atoms with Crippen molar-refractivity contribution in [2.24, 2.45) is 0 Å². The van der Waals surface area contributed by atoms with Gasteiger partial charge in [0.2, 0.25) is 9.84 Å². The average Bonchev–Trinajstić information content (AvgIpc) is 1.93. The highest BCUT2D eigenvalue weighted by Crippen LogP contribution is 2.47. The van der Waals surface area contributed by atoms with Gasteiger partial charge in [0.25, 0.3) is 0 Å². The van der Waals surface area contributed by atoms with E-state index >= 15 is 0 Å². The molecule has 0 bridgehead atoms. The highest BCUT2D eigenvalue weighted by Gasteiger charge is 2.70. The van der Waals surface area contributed by atoms with Gasteiger partial charge in [-0.3, -0.25) is 0 Å². The van der Waals surface area contributed by atoms with E-state index in [9.17, 15) is 26.0 Å². The first kappa shape index (κ1) is 8.76. The number of rotatable bonds is 0. The Balaban J connectivity index is 3.21. The lowest BCUT2D eigenvalue weighted by Crippen LogP contribution is -2.39. The molecule has 1 heterocycles. The summed E-state index contributed by atoms with van der Waals surface area (Å²) in [4.78, 5) is 0. The van der Waals surface area contributed by atoms with Crippen LogP contribution in [0.5, 0.6) is 0 Å². The molecule has 11 heavy (non-hydrogen) atoms. The van der Waals surface area contributed by atoms with Gasteiger partial charge in [-0.15, -0.1) is 0 Å². The molecule has 0 amide bonds. The molecule has 7 heteroatoms. The van der Waals surface area contributed by atoms with Crippen LogP contribution in [0, 0.1) is 0 Å². The topological polar surface area (TPSA) is 34.1 Å². The van der Waals surface area contributed by atoms with E-state index in [0.717, 1.165) is 0 Å². The average molecular weight is 192 g/mol. The Bertz CT molecular complexity index is 268. The van der Waals surface area contributed by atoms with Crippen molar-refractivity contribution in [2.75, 3.05) is 5.75 Å². The molecule has 1 saturated heterocycles. The summed E-state index contributed by atoms with van der Waals surface area (Å²) in [7, 11) is -4.92. The summed E-state index contributed by atoms with van der Waals surface area (Å²) in [5.74, 6) is -5.54. The monoisotopic (exact) mass is 192 g/mol. The summed E-state index contributed by atoms with van der Waals surface area (Å²) in [6, 6.07) is 0. The van der Waals surface area contributed by atoms with Gasteiger partial charge in [0.15, 0.2) is 0 Å². The van der Waals surface area contributed by atoms with Crippen LogP contribution in [0.15, 0.2) is 0 Å². The smallest absolute Gasteiger partial charge is 0.222 e. The first-order chi connectivity index (χ1) is 4.71. The molecule has 0 spiro atoms. The van der Waals surface area contributed by atoms with Crippen LogP contribution in [0.3, 0.4) is 0 Å². The van der Waals surface area contributed by atoms with Crippen molar-refractivity contribution < 1.29 is 26.0 Å². The van der Waals surface area contributed by atoms with E-state index in [4.69, 9.17) is 0 Å². The van der Waals surface area contributed by atoms with Gasteiger partial charge in [0.1, 0.15) is 0 Å². The maximum absolute atomic E-state index is 12.2. The lowest BCUT2D eigenvalue weighted by Gasteiger charge is -2.15. The molecule has 1 aliphatic heterocycles. The van der Waals surface area contributed by atoms with Gasteiger partial charge in [-0.25, -0.2) is 8.42 Å². The molecule has 0 radical (unpaired) electrons. The zero-order valence-electron chi connectivity index (χ0n) is 5.15. The molecule has 1 fully saturated rings. The minimum absolute atomic E-state index is 1.15. The van der Waals surface area contributed by atoms with Gasteiger partial charge < -0.3 is 0 Å². The van der Waals surface area contributed by atoms with Crippen LogP contribution in [0.2, 0.25) is 0 Å². The van der Waals surface area contributed by atoms with E-state index in [1.165, 1.54) is 0 Å². The predicted octanol–water partition coefficient (Wildman–Crippen LogP) is 1.03. The lowest BCUT2D eigenvalue weighted by atomic mass is 10.3. The molecule has 0 saturated carbocycles. The van der Waals surface area contributed by atoms with Crippen molar-refractivity contribution in [1.82, 2.24) is 0 Å². The Morgan fingerprint density at radius 3 is 1.64 bits per heavy atom. The molecule has 66 valence electrons. The van der Waals surface area contributed by atoms with Crippen LogP contribution in [-0.4, -0.2) is 25.3 Å². The molecule has 0 aromatic rings. The summed E-state index contributed by atoms with van der Waals surface area (Å²) in [5.41, 5.74) is 0. The van der Waals surface area contributed by atoms with E-state index < -0.39 is 33.2 Å². The Morgan fingerprint density at radius 2 is 1.55 bits per heavy atom. The number of hydrogen-bond donors (Lipinski definition) is 0. The van der Waals surface area contributed by atoms with Crippen molar-refractivity contribution in [3.8, 4) is 0 Å². The van der Waals surface area contributed by atoms with Gasteiger partial charge in [-0.2, -0.15) is 17.6 Å². The van der Waals surface area contributed by atoms with Crippen LogP contribution >= 0.6 is 0 Å². The van der Waals surface area contributed by atoms with E-state index in [1.54, 1.807) is 0 Å². The third-order valence-electron chi connectivity index (χ3n) is 1.50. The van der Waals surface area contributed by atoms with E-state index in [-0.39, 0.29) is 0 Å². The summed E-state index contributed by atoms with van der Waals surface area (Å²) >= 11 is 0. The van der Waals surface area contributed by atoms with E-state index in [1.807, 2.05) is 0 Å². The third kappa shape index (κ3) is 0.935. The molecule has 1 rings (SSSR count). The molecular formula is C4H4F4O2S. The van der Waals surface area contributed by atoms with Gasteiger partial charge in [0, 0.05) is 6.42 Å². The maximum Gasteiger partial charge on any atom is 0.407 e. The second-order valence-electron chi connectivity index (χ2n) is 2.29. The molecule has 0 aromatic heterocycles. The summed E-state index contributed by atoms with van der Waals surface area (Å²) in [6.07, 6.45) is -1.29. The molecule has 0 aromatic carbocycles. The normalized spacial score (nSPS) is 32.0. The van der Waals surface area contributed by atoms with Crippen LogP contribution in [0.25, 0.3) is 0 Å². The summed E-state index contributed by atoms with van der Waals surface area (Å²) in [5, 5.41) is -4.88. The van der Waals surface area contributed by atoms with Gasteiger partial charge in [0.05, 0.1) is 5.75 Å². The Kier molecular flexibility index (Phi) is 1.50. The summed E-state index contributed by atoms with van der Waals surface area (Å²) < 4.78 is 69.0. The van der Waals surface area contributed by atoms with Crippen LogP contribution in [0.1, 0.15) is 6.42 Å². The zero-order valence-corrected chi connectivity index (χ0v) is 5.97. The Labute approximate surface area is 60.1 Å². The predicted molar refractivity (Wildman–Crippen MR) is 28.3 cm³/mol. The van der Waals surface area contributed by atoms with Crippen molar-refractivity contribution >= 4 is 9.84 Å². The highest BCUT2D eigenvalue weighted by molar-refractivity contribution is 7.92. The zero-order chi connectivity index (χ0) is 8.91. The van der Waals surface area contributed by atoms with Crippen LogP contribution in [0.4, 0.5) is 17.6 Å². The van der Waals surface area contributed by atoms with Crippen LogP contribution in [-0.2, 0) is 9.84 Å². The fraction of sp³-hybridized carbons (Fsp3) is 1.00. The van der Waals surface area contributed by atoms with E-state index in [0.29, 0.717) is 0 Å². The fourth-order valence-corrected chi connectivity index (χ4v) is 2.10. The van der Waals surface area contributed by atoms with Gasteiger partial charge in [-0.1, -0.05) is 0 Å². The first-order valence-corrected chi connectivity index (χ1v) is 4.34. The SMILES string of the molecule is O=S1(=O)CCC(F)(F)C1(F)F. The molecule has 0 atom stereocenters. The molecule has 0 aliphatic carbocycles. The lowest BCUT2D eigenvalue weighted by molar-refractivity contribution is -0.147. The minimum Gasteiger partial charge on any atom is -0.222 e. The van der Waals surface area contributed by atoms with Crippen molar-refractivity contribution in [3.63, 3.8) is 0 Å². The van der Waals surface area contributed by atoms with Gasteiger partial charge >= 0.3 is 11.2 Å². The molecule has 1 aliphatic rings. The highest BCUT2D eigenvalue weighted by atomic mass is 32.2. The molecule has 0 unspecified atom stereocenters. The number of hydrogen-bond acceptors (Lipinski definition) is 2. The van der Waals surface area contributed by atoms with E-state index in [2.05, 4.69) is 0 Å². The van der Waals surface area contributed by atoms with Crippen LogP contribution < -0.4 is 0 Å². The Hall–Kier alpha value is -0.330. The van der Waals surface area contributed by atoms with Crippen molar-refractivity contribution in [3.05, 3.63) is 0 Å². The standard InChI is InChI=1S/C4H4F4O2S/c5-3(6)1-2-11(9,10)4(3,7)8/h1-2H2. The number of halogens is 4. The number of alkyl halides is 4. The first-order valence-electron chi connectivity index (χ1n) is 2.69. The molecule has 0 N–H and O–H groups in total. The minimum atomic E-state index is -4.92. The maximum atomic E-state index is 12.2. The Morgan fingerprint density at radius 1 is 1.09 bits per heavy atom. The van der Waals surface area contributed by atoms with Crippen molar-refractivity contribution in [1.29, 1.82) is 0 Å².